The van der Waals surface area contributed by atoms with Crippen LogP contribution >= 0.6 is 0 Å². The van der Waals surface area contributed by atoms with Gasteiger partial charge < -0.3 is 24.3 Å². The molecule has 0 aliphatic rings. The van der Waals surface area contributed by atoms with E-state index in [0.717, 1.165) is 71.3 Å². The highest BCUT2D eigenvalue weighted by Gasteiger charge is 2.14. The third kappa shape index (κ3) is 56.7. The Morgan fingerprint density at radius 2 is 0.612 bits per heavy atom. The van der Waals surface area contributed by atoms with Gasteiger partial charge in [-0.05, 0) is 136 Å². The minimum Gasteiger partial charge on any atom is -0.379 e. The second kappa shape index (κ2) is 60.4. The van der Waals surface area contributed by atoms with Crippen molar-refractivity contribution in [3.8, 4) is 0 Å². The molecule has 2 atom stereocenters. The van der Waals surface area contributed by atoms with Gasteiger partial charge in [0.15, 0.2) is 0 Å². The summed E-state index contributed by atoms with van der Waals surface area (Å²) >= 11 is 0. The Balaban J connectivity index is 4.45. The number of hydrogen-bond donors (Lipinski definition) is 1. The molecule has 0 aliphatic heterocycles. The van der Waals surface area contributed by atoms with E-state index in [1.54, 1.807) is 0 Å². The summed E-state index contributed by atoms with van der Waals surface area (Å²) in [5.74, 6) is 0. The van der Waals surface area contributed by atoms with Crippen LogP contribution in [0.4, 0.5) is 0 Å². The second-order valence-electron chi connectivity index (χ2n) is 19.2. The zero-order chi connectivity index (χ0) is 48.3. The first-order valence-corrected chi connectivity index (χ1v) is 29.2. The Morgan fingerprint density at radius 3 is 0.985 bits per heavy atom. The van der Waals surface area contributed by atoms with Gasteiger partial charge >= 0.3 is 0 Å². The first-order valence-electron chi connectivity index (χ1n) is 29.2. The van der Waals surface area contributed by atoms with Gasteiger partial charge in [0.2, 0.25) is 0 Å². The first kappa shape index (κ1) is 65.2. The van der Waals surface area contributed by atoms with E-state index in [1.165, 1.54) is 193 Å². The summed E-state index contributed by atoms with van der Waals surface area (Å²) in [7, 11) is 2.02. The van der Waals surface area contributed by atoms with Gasteiger partial charge in [-0.1, -0.05) is 209 Å². The van der Waals surface area contributed by atoms with Gasteiger partial charge in [-0.3, -0.25) is 0 Å². The molecule has 67 heavy (non-hydrogen) atoms. The Morgan fingerprint density at radius 1 is 0.313 bits per heavy atom. The van der Waals surface area contributed by atoms with Crippen molar-refractivity contribution < 1.29 is 18.9 Å². The maximum absolute atomic E-state index is 6.42. The Bertz CT molecular complexity index is 1090. The first-order chi connectivity index (χ1) is 33.3. The third-order valence-electron chi connectivity index (χ3n) is 12.5. The lowest BCUT2D eigenvalue weighted by molar-refractivity contribution is -0.0828. The molecule has 0 saturated carbocycles. The minimum absolute atomic E-state index is 0.0276. The highest BCUT2D eigenvalue weighted by Crippen LogP contribution is 2.13. The predicted octanol–water partition coefficient (Wildman–Crippen LogP) is 18.8. The van der Waals surface area contributed by atoms with Crippen LogP contribution in [0.25, 0.3) is 0 Å². The Hall–Kier alpha value is -1.76. The number of unbranched alkanes of at least 4 members (excludes halogenated alkanes) is 27. The van der Waals surface area contributed by atoms with Crippen molar-refractivity contribution in [1.82, 2.24) is 5.32 Å². The van der Waals surface area contributed by atoms with Gasteiger partial charge in [0, 0.05) is 19.8 Å². The van der Waals surface area contributed by atoms with Crippen LogP contribution in [0.3, 0.4) is 0 Å². The topological polar surface area (TPSA) is 49.0 Å². The molecule has 0 aromatic heterocycles. The molecule has 5 heteroatoms. The van der Waals surface area contributed by atoms with Crippen LogP contribution in [0, 0.1) is 0 Å². The second-order valence-corrected chi connectivity index (χ2v) is 19.2. The van der Waals surface area contributed by atoms with Crippen molar-refractivity contribution in [1.29, 1.82) is 0 Å². The standard InChI is InChI=1S/C62H115NO4/c1-5-8-11-14-17-20-23-26-29-32-35-38-41-44-47-50-55-64-59-62(67-57-52-49-46-43-40-37-34-31-28-25-22-19-16-13-10-7-3)60-65-58-61(53-54-63-4)66-56-51-48-45-42-39-36-33-30-27-24-21-18-15-12-9-6-2/h17-22,26-31,61-63H,5-16,23-25,32-60H2,1-4H3/b20-17-,21-18-,22-19-,29-26-,30-27-,31-28-. The van der Waals surface area contributed by atoms with Gasteiger partial charge in [0.1, 0.15) is 6.10 Å². The zero-order valence-electron chi connectivity index (χ0n) is 45.3. The van der Waals surface area contributed by atoms with E-state index in [-0.39, 0.29) is 12.2 Å². The van der Waals surface area contributed by atoms with Gasteiger partial charge in [-0.15, -0.1) is 0 Å². The lowest BCUT2D eigenvalue weighted by Gasteiger charge is -2.22. The SMILES string of the molecule is CCCCC/C=C\C/C=C\CCCCCCCCOCC(COCC(CCNC)OCCCCCCCC/C=C\C/C=C\CCCCC)OCCCCCCCC/C=C\C/C=C\CCCCC. The minimum atomic E-state index is -0.0276. The molecular weight excluding hydrogens is 823 g/mol. The molecule has 0 bridgehead atoms. The van der Waals surface area contributed by atoms with Crippen LogP contribution in [-0.2, 0) is 18.9 Å². The lowest BCUT2D eigenvalue weighted by Crippen LogP contribution is -2.30. The highest BCUT2D eigenvalue weighted by atomic mass is 16.6. The van der Waals surface area contributed by atoms with Crippen molar-refractivity contribution in [3.63, 3.8) is 0 Å². The molecule has 0 heterocycles. The number of nitrogens with one attached hydrogen (secondary N) is 1. The van der Waals surface area contributed by atoms with Crippen LogP contribution in [0.1, 0.15) is 258 Å². The summed E-state index contributed by atoms with van der Waals surface area (Å²) in [5, 5.41) is 3.31. The van der Waals surface area contributed by atoms with Gasteiger partial charge in [0.05, 0.1) is 25.9 Å². The fraction of sp³-hybridized carbons (Fsp3) is 0.806. The van der Waals surface area contributed by atoms with Crippen molar-refractivity contribution >= 4 is 0 Å². The molecule has 392 valence electrons. The molecule has 0 aromatic carbocycles. The summed E-state index contributed by atoms with van der Waals surface area (Å²) in [6.07, 6.45) is 74.6. The number of hydrogen-bond acceptors (Lipinski definition) is 5. The van der Waals surface area contributed by atoms with Gasteiger partial charge in [0.25, 0.3) is 0 Å². The molecule has 0 spiro atoms. The van der Waals surface area contributed by atoms with Crippen molar-refractivity contribution in [3.05, 3.63) is 72.9 Å². The molecule has 0 aliphatic carbocycles. The van der Waals surface area contributed by atoms with E-state index in [0.29, 0.717) is 19.8 Å². The van der Waals surface area contributed by atoms with E-state index in [9.17, 15) is 0 Å². The molecule has 1 N–H and O–H groups in total. The Labute approximate surface area is 419 Å². The zero-order valence-corrected chi connectivity index (χ0v) is 45.3. The average Bonchev–Trinajstić information content (AvgIpc) is 3.34. The third-order valence-corrected chi connectivity index (χ3v) is 12.5. The molecule has 0 rings (SSSR count). The fourth-order valence-corrected chi connectivity index (χ4v) is 8.08. The van der Waals surface area contributed by atoms with E-state index in [4.69, 9.17) is 18.9 Å². The van der Waals surface area contributed by atoms with E-state index < -0.39 is 0 Å². The normalized spacial score (nSPS) is 13.4. The predicted molar refractivity (Wildman–Crippen MR) is 298 cm³/mol. The van der Waals surface area contributed by atoms with Crippen LogP contribution < -0.4 is 5.32 Å². The smallest absolute Gasteiger partial charge is 0.104 e. The number of ether oxygens (including phenoxy) is 4. The molecule has 5 nitrogen and oxygen atoms in total. The maximum Gasteiger partial charge on any atom is 0.104 e. The van der Waals surface area contributed by atoms with E-state index in [2.05, 4.69) is 99.0 Å². The lowest BCUT2D eigenvalue weighted by atomic mass is 10.1. The van der Waals surface area contributed by atoms with E-state index in [1.807, 2.05) is 7.05 Å². The molecule has 0 radical (unpaired) electrons. The molecule has 0 amide bonds. The molecule has 2 unspecified atom stereocenters. The molecule has 0 saturated heterocycles. The van der Waals surface area contributed by atoms with E-state index >= 15 is 0 Å². The maximum atomic E-state index is 6.42. The fourth-order valence-electron chi connectivity index (χ4n) is 8.08. The average molecular weight is 939 g/mol. The summed E-state index contributed by atoms with van der Waals surface area (Å²) in [6, 6.07) is 0. The largest absolute Gasteiger partial charge is 0.379 e. The quantitative estimate of drug-likeness (QED) is 0.0486. The van der Waals surface area contributed by atoms with Crippen molar-refractivity contribution in [2.75, 3.05) is 53.2 Å². The van der Waals surface area contributed by atoms with Crippen LogP contribution in [0.5, 0.6) is 0 Å². The monoisotopic (exact) mass is 938 g/mol. The van der Waals surface area contributed by atoms with Gasteiger partial charge in [-0.25, -0.2) is 0 Å². The van der Waals surface area contributed by atoms with Crippen molar-refractivity contribution in [2.45, 2.75) is 271 Å². The Kier molecular flexibility index (Phi) is 58.8. The van der Waals surface area contributed by atoms with Crippen molar-refractivity contribution in [2.24, 2.45) is 0 Å². The number of allylic oxidation sites excluding steroid dienone is 12. The summed E-state index contributed by atoms with van der Waals surface area (Å²) in [5.41, 5.74) is 0. The molecule has 0 aromatic rings. The number of rotatable bonds is 56. The van der Waals surface area contributed by atoms with Crippen LogP contribution in [-0.4, -0.2) is 65.4 Å². The summed E-state index contributed by atoms with van der Waals surface area (Å²) < 4.78 is 25.3. The molecule has 0 fully saturated rings. The van der Waals surface area contributed by atoms with Crippen LogP contribution in [0.15, 0.2) is 72.9 Å². The van der Waals surface area contributed by atoms with Gasteiger partial charge in [-0.2, -0.15) is 0 Å². The highest BCUT2D eigenvalue weighted by molar-refractivity contribution is 4.94. The molecular formula is C62H115NO4. The van der Waals surface area contributed by atoms with Crippen LogP contribution in [0.2, 0.25) is 0 Å². The summed E-state index contributed by atoms with van der Waals surface area (Å²) in [4.78, 5) is 0. The summed E-state index contributed by atoms with van der Waals surface area (Å²) in [6.45, 7) is 11.9.